The molecule has 0 spiro atoms. The second kappa shape index (κ2) is 10.5. The number of H-pyrrole nitrogens is 1. The maximum atomic E-state index is 12.4. The molecule has 0 saturated carbocycles. The second-order valence-electron chi connectivity index (χ2n) is 7.50. The van der Waals surface area contributed by atoms with Gasteiger partial charge in [0.05, 0.1) is 11.1 Å². The molecule has 1 aromatic heterocycles. The molecule has 0 aliphatic rings. The number of phenolic OH excluding ortho intramolecular Hbond substituents is 2. The van der Waals surface area contributed by atoms with Crippen LogP contribution in [0.1, 0.15) is 70.8 Å². The number of aromatic hydroxyl groups is 2. The zero-order valence-electron chi connectivity index (χ0n) is 18.1. The normalized spacial score (nSPS) is 10.8. The molecular formula is C23H26N4O5. The van der Waals surface area contributed by atoms with E-state index in [-0.39, 0.29) is 47.2 Å². The number of ketones is 2. The summed E-state index contributed by atoms with van der Waals surface area (Å²) in [5.74, 6) is 0.453. The first-order chi connectivity index (χ1) is 15.4. The van der Waals surface area contributed by atoms with Gasteiger partial charge in [0.15, 0.2) is 11.6 Å². The summed E-state index contributed by atoms with van der Waals surface area (Å²) in [6.07, 6.45) is 2.74. The molecule has 9 heteroatoms. The van der Waals surface area contributed by atoms with Crippen molar-refractivity contribution in [1.29, 1.82) is 0 Å². The number of nitrogens with one attached hydrogen (secondary N) is 1. The third-order valence-electron chi connectivity index (χ3n) is 5.13. The number of rotatable bonds is 11. The van der Waals surface area contributed by atoms with Crippen molar-refractivity contribution in [3.8, 4) is 17.2 Å². The average Bonchev–Trinajstić information content (AvgIpc) is 3.27. The first kappa shape index (κ1) is 22.9. The van der Waals surface area contributed by atoms with Gasteiger partial charge in [-0.3, -0.25) is 9.59 Å². The number of Topliss-reactive ketones (excluding diaryl/α,β-unsaturated/α-hetero) is 2. The Morgan fingerprint density at radius 3 is 2.53 bits per heavy atom. The summed E-state index contributed by atoms with van der Waals surface area (Å²) in [4.78, 5) is 24.1. The van der Waals surface area contributed by atoms with Crippen LogP contribution < -0.4 is 4.74 Å². The van der Waals surface area contributed by atoms with E-state index in [4.69, 9.17) is 4.74 Å². The molecule has 0 atom stereocenters. The Morgan fingerprint density at radius 1 is 1.09 bits per heavy atom. The minimum absolute atomic E-state index is 0.00893. The molecule has 0 aliphatic heterocycles. The highest BCUT2D eigenvalue weighted by Crippen LogP contribution is 2.30. The lowest BCUT2D eigenvalue weighted by molar-refractivity contribution is 0.0975. The van der Waals surface area contributed by atoms with Crippen LogP contribution in [-0.2, 0) is 19.4 Å². The molecule has 3 N–H and O–H groups in total. The third-order valence-corrected chi connectivity index (χ3v) is 5.13. The topological polar surface area (TPSA) is 138 Å². The first-order valence-corrected chi connectivity index (χ1v) is 10.5. The molecule has 0 aliphatic carbocycles. The summed E-state index contributed by atoms with van der Waals surface area (Å²) in [5, 5.41) is 34.2. The number of tetrazole rings is 1. The number of nitrogens with zero attached hydrogens (tertiary/aromatic N) is 3. The highest BCUT2D eigenvalue weighted by Gasteiger charge is 2.16. The lowest BCUT2D eigenvalue weighted by Crippen LogP contribution is -2.05. The molecule has 0 unspecified atom stereocenters. The van der Waals surface area contributed by atoms with Crippen LogP contribution >= 0.6 is 0 Å². The Bertz CT molecular complexity index is 1100. The largest absolute Gasteiger partial charge is 0.507 e. The van der Waals surface area contributed by atoms with Gasteiger partial charge in [-0.15, -0.1) is 5.10 Å². The van der Waals surface area contributed by atoms with Gasteiger partial charge in [0.1, 0.15) is 29.7 Å². The maximum absolute atomic E-state index is 12.4. The van der Waals surface area contributed by atoms with Gasteiger partial charge in [0.25, 0.3) is 0 Å². The molecule has 1 heterocycles. The molecule has 0 amide bonds. The predicted octanol–water partition coefficient (Wildman–Crippen LogP) is 3.55. The van der Waals surface area contributed by atoms with Gasteiger partial charge in [0.2, 0.25) is 0 Å². The van der Waals surface area contributed by atoms with Crippen molar-refractivity contribution in [2.75, 3.05) is 0 Å². The Balaban J connectivity index is 1.65. The van der Waals surface area contributed by atoms with Crippen molar-refractivity contribution in [3.63, 3.8) is 0 Å². The number of phenols is 2. The van der Waals surface area contributed by atoms with E-state index in [0.29, 0.717) is 36.4 Å². The number of ether oxygens (including phenoxy) is 1. The Morgan fingerprint density at radius 2 is 1.88 bits per heavy atom. The molecular weight excluding hydrogens is 412 g/mol. The monoisotopic (exact) mass is 438 g/mol. The molecule has 0 saturated heterocycles. The van der Waals surface area contributed by atoms with E-state index in [1.165, 1.54) is 19.1 Å². The van der Waals surface area contributed by atoms with Crippen LogP contribution in [0.4, 0.5) is 0 Å². The van der Waals surface area contributed by atoms with Crippen molar-refractivity contribution in [1.82, 2.24) is 20.6 Å². The van der Waals surface area contributed by atoms with Crippen LogP contribution in [0.3, 0.4) is 0 Å². The van der Waals surface area contributed by atoms with E-state index >= 15 is 0 Å². The van der Waals surface area contributed by atoms with Crippen LogP contribution in [0.25, 0.3) is 0 Å². The molecule has 3 aromatic rings. The van der Waals surface area contributed by atoms with Gasteiger partial charge in [-0.05, 0) is 54.0 Å². The molecule has 0 radical (unpaired) electrons. The number of carbonyl (C=O) groups is 2. The standard InChI is InChI=1S/C23H26N4O5/c1-3-5-18-15(8-10-17(14(2)28)23(18)31)13-32-16-9-11-19(21(30)12-16)20(29)6-4-7-22-24-26-27-25-22/h8-12,30-31H,3-7,13H2,1-2H3,(H,24,25,26,27). The number of benzene rings is 2. The number of carbonyl (C=O) groups excluding carboxylic acids is 2. The fraction of sp³-hybridized carbons (Fsp3) is 0.348. The van der Waals surface area contributed by atoms with Crippen LogP contribution in [-0.4, -0.2) is 42.4 Å². The molecule has 3 rings (SSSR count). The minimum atomic E-state index is -0.199. The van der Waals surface area contributed by atoms with Gasteiger partial charge in [0, 0.05) is 24.5 Å². The van der Waals surface area contributed by atoms with Crippen molar-refractivity contribution >= 4 is 11.6 Å². The highest BCUT2D eigenvalue weighted by molar-refractivity contribution is 5.98. The number of aryl methyl sites for hydroxylation is 1. The van der Waals surface area contributed by atoms with Gasteiger partial charge in [-0.25, -0.2) is 5.10 Å². The van der Waals surface area contributed by atoms with E-state index in [0.717, 1.165) is 12.0 Å². The van der Waals surface area contributed by atoms with Crippen molar-refractivity contribution in [3.05, 3.63) is 58.4 Å². The van der Waals surface area contributed by atoms with Crippen LogP contribution in [0.2, 0.25) is 0 Å². The van der Waals surface area contributed by atoms with Crippen molar-refractivity contribution in [2.24, 2.45) is 0 Å². The fourth-order valence-electron chi connectivity index (χ4n) is 3.46. The molecule has 0 fully saturated rings. The molecule has 9 nitrogen and oxygen atoms in total. The summed E-state index contributed by atoms with van der Waals surface area (Å²) in [6.45, 7) is 3.55. The second-order valence-corrected chi connectivity index (χ2v) is 7.50. The molecule has 2 aromatic carbocycles. The third kappa shape index (κ3) is 5.48. The summed E-state index contributed by atoms with van der Waals surface area (Å²) >= 11 is 0. The van der Waals surface area contributed by atoms with Crippen LogP contribution in [0.15, 0.2) is 30.3 Å². The summed E-state index contributed by atoms with van der Waals surface area (Å²) in [6, 6.07) is 7.91. The average molecular weight is 438 g/mol. The van der Waals surface area contributed by atoms with Gasteiger partial charge < -0.3 is 14.9 Å². The minimum Gasteiger partial charge on any atom is -0.507 e. The van der Waals surface area contributed by atoms with E-state index in [2.05, 4.69) is 20.6 Å². The van der Waals surface area contributed by atoms with Crippen LogP contribution in [0, 0.1) is 0 Å². The van der Waals surface area contributed by atoms with Crippen molar-refractivity contribution in [2.45, 2.75) is 52.6 Å². The fourth-order valence-corrected chi connectivity index (χ4v) is 3.46. The number of aromatic nitrogens is 4. The van der Waals surface area contributed by atoms with Gasteiger partial charge in [-0.2, -0.15) is 0 Å². The highest BCUT2D eigenvalue weighted by atomic mass is 16.5. The number of hydrogen-bond acceptors (Lipinski definition) is 8. The zero-order valence-corrected chi connectivity index (χ0v) is 18.1. The summed E-state index contributed by atoms with van der Waals surface area (Å²) in [5.41, 5.74) is 1.95. The quantitative estimate of drug-likeness (QED) is 0.386. The molecule has 0 bridgehead atoms. The number of aromatic amines is 1. The Kier molecular flexibility index (Phi) is 7.54. The molecule has 168 valence electrons. The zero-order chi connectivity index (χ0) is 23.1. The van der Waals surface area contributed by atoms with E-state index in [1.807, 2.05) is 6.92 Å². The number of hydrogen-bond donors (Lipinski definition) is 3. The Hall–Kier alpha value is -3.75. The Labute approximate surface area is 185 Å². The smallest absolute Gasteiger partial charge is 0.166 e. The van der Waals surface area contributed by atoms with Crippen LogP contribution in [0.5, 0.6) is 17.2 Å². The first-order valence-electron chi connectivity index (χ1n) is 10.5. The maximum Gasteiger partial charge on any atom is 0.166 e. The van der Waals surface area contributed by atoms with E-state index in [9.17, 15) is 19.8 Å². The van der Waals surface area contributed by atoms with E-state index < -0.39 is 0 Å². The van der Waals surface area contributed by atoms with Gasteiger partial charge >= 0.3 is 0 Å². The van der Waals surface area contributed by atoms with Crippen molar-refractivity contribution < 1.29 is 24.5 Å². The predicted molar refractivity (Wildman–Crippen MR) is 116 cm³/mol. The SMILES string of the molecule is CCCc1c(COc2ccc(C(=O)CCCc3nnn[nH]3)c(O)c2)ccc(C(C)=O)c1O. The molecule has 32 heavy (non-hydrogen) atoms. The lowest BCUT2D eigenvalue weighted by Gasteiger charge is -2.15. The summed E-state index contributed by atoms with van der Waals surface area (Å²) in [7, 11) is 0. The van der Waals surface area contributed by atoms with E-state index in [1.54, 1.807) is 18.2 Å². The summed E-state index contributed by atoms with van der Waals surface area (Å²) < 4.78 is 5.79. The lowest BCUT2D eigenvalue weighted by atomic mass is 9.97. The van der Waals surface area contributed by atoms with Gasteiger partial charge in [-0.1, -0.05) is 19.4 Å².